The van der Waals surface area contributed by atoms with Crippen molar-refractivity contribution >= 4 is 23.4 Å². The molecule has 88 valence electrons. The van der Waals surface area contributed by atoms with Crippen LogP contribution >= 0.6 is 23.4 Å². The maximum Gasteiger partial charge on any atom is 0.252 e. The number of hydrogen-bond donors (Lipinski definition) is 0. The molecule has 0 aromatic carbocycles. The molecule has 0 spiro atoms. The molecule has 1 fully saturated rings. The maximum atomic E-state index is 6.01. The molecule has 2 rings (SSSR count). The van der Waals surface area contributed by atoms with Crippen LogP contribution in [0.2, 0.25) is 5.02 Å². The molecule has 1 unspecified atom stereocenters. The van der Waals surface area contributed by atoms with Crippen molar-refractivity contribution in [1.29, 1.82) is 0 Å². The second kappa shape index (κ2) is 5.73. The maximum absolute atomic E-state index is 6.01. The van der Waals surface area contributed by atoms with E-state index in [0.717, 1.165) is 18.0 Å². The Morgan fingerprint density at radius 3 is 3.06 bits per heavy atom. The molecule has 0 bridgehead atoms. The topological polar surface area (TPSA) is 35.0 Å². The van der Waals surface area contributed by atoms with Gasteiger partial charge in [-0.15, -0.1) is 5.10 Å². The Kier molecular flexibility index (Phi) is 4.29. The summed E-state index contributed by atoms with van der Waals surface area (Å²) in [5, 5.41) is 8.64. The molecule has 0 radical (unpaired) electrons. The molecule has 1 aromatic rings. The van der Waals surface area contributed by atoms with Crippen molar-refractivity contribution in [3.8, 4) is 5.88 Å². The zero-order valence-electron chi connectivity index (χ0n) is 9.28. The third-order valence-corrected chi connectivity index (χ3v) is 4.27. The molecule has 3 nitrogen and oxygen atoms in total. The summed E-state index contributed by atoms with van der Waals surface area (Å²) < 4.78 is 4.98. The van der Waals surface area contributed by atoms with Crippen molar-refractivity contribution in [3.05, 3.63) is 16.8 Å². The van der Waals surface area contributed by atoms with Crippen molar-refractivity contribution in [2.24, 2.45) is 5.92 Å². The second-order valence-electron chi connectivity index (χ2n) is 3.98. The van der Waals surface area contributed by atoms with Gasteiger partial charge in [0.05, 0.1) is 12.8 Å². The number of rotatable bonds is 3. The zero-order valence-corrected chi connectivity index (χ0v) is 10.9. The van der Waals surface area contributed by atoms with E-state index in [4.69, 9.17) is 16.3 Å². The average Bonchev–Trinajstić information content (AvgIpc) is 2.31. The Balaban J connectivity index is 2.01. The lowest BCUT2D eigenvalue weighted by atomic mass is 9.99. The van der Waals surface area contributed by atoms with Crippen molar-refractivity contribution < 1.29 is 4.74 Å². The number of hydrogen-bond acceptors (Lipinski definition) is 4. The molecule has 1 aliphatic rings. The molecule has 5 heteroatoms. The number of thioether (sulfide) groups is 1. The average molecular weight is 259 g/mol. The summed E-state index contributed by atoms with van der Waals surface area (Å²) in [6, 6.07) is 1.87. The minimum absolute atomic E-state index is 0.406. The van der Waals surface area contributed by atoms with Crippen LogP contribution in [0, 0.1) is 5.92 Å². The van der Waals surface area contributed by atoms with Crippen LogP contribution in [0.5, 0.6) is 5.88 Å². The minimum Gasteiger partial charge on any atom is -0.479 e. The summed E-state index contributed by atoms with van der Waals surface area (Å²) in [6.07, 6.45) is 3.58. The van der Waals surface area contributed by atoms with Gasteiger partial charge < -0.3 is 4.74 Å². The predicted octanol–water partition coefficient (Wildman–Crippen LogP) is 2.82. The molecule has 0 aliphatic carbocycles. The van der Waals surface area contributed by atoms with E-state index in [-0.39, 0.29) is 0 Å². The molecule has 1 saturated heterocycles. The quantitative estimate of drug-likeness (QED) is 0.835. The number of methoxy groups -OCH3 is 1. The number of halogens is 1. The standard InChI is InChI=1S/C11H15ClN2OS/c1-15-11-10(12)6-9(13-14-11)5-8-3-2-4-16-7-8/h6,8H,2-5,7H2,1H3. The Morgan fingerprint density at radius 2 is 2.44 bits per heavy atom. The first-order chi connectivity index (χ1) is 7.79. The van der Waals surface area contributed by atoms with E-state index in [1.54, 1.807) is 7.11 Å². The van der Waals surface area contributed by atoms with E-state index < -0.39 is 0 Å². The number of aromatic nitrogens is 2. The fourth-order valence-electron chi connectivity index (χ4n) is 1.90. The van der Waals surface area contributed by atoms with E-state index in [2.05, 4.69) is 10.2 Å². The van der Waals surface area contributed by atoms with Gasteiger partial charge in [0.1, 0.15) is 5.02 Å². The fourth-order valence-corrected chi connectivity index (χ4v) is 3.29. The summed E-state index contributed by atoms with van der Waals surface area (Å²) >= 11 is 8.04. The Bertz CT molecular complexity index is 356. The van der Waals surface area contributed by atoms with Crippen LogP contribution in [-0.4, -0.2) is 28.8 Å². The van der Waals surface area contributed by atoms with Crippen molar-refractivity contribution in [3.63, 3.8) is 0 Å². The van der Waals surface area contributed by atoms with Crippen LogP contribution in [0.3, 0.4) is 0 Å². The molecule has 1 atom stereocenters. The van der Waals surface area contributed by atoms with Crippen LogP contribution in [0.1, 0.15) is 18.5 Å². The first-order valence-corrected chi connectivity index (χ1v) is 6.96. The van der Waals surface area contributed by atoms with Crippen LogP contribution in [-0.2, 0) is 6.42 Å². The van der Waals surface area contributed by atoms with Gasteiger partial charge in [-0.2, -0.15) is 16.9 Å². The molecular formula is C11H15ClN2OS. The van der Waals surface area contributed by atoms with Gasteiger partial charge in [0, 0.05) is 0 Å². The first kappa shape index (κ1) is 12.0. The normalized spacial score (nSPS) is 20.8. The van der Waals surface area contributed by atoms with Crippen molar-refractivity contribution in [2.45, 2.75) is 19.3 Å². The largest absolute Gasteiger partial charge is 0.479 e. The molecule has 2 heterocycles. The third-order valence-electron chi connectivity index (χ3n) is 2.71. The Hall–Kier alpha value is -0.480. The highest BCUT2D eigenvalue weighted by atomic mass is 35.5. The molecule has 0 N–H and O–H groups in total. The van der Waals surface area contributed by atoms with E-state index in [0.29, 0.717) is 10.9 Å². The minimum atomic E-state index is 0.406. The Morgan fingerprint density at radius 1 is 1.56 bits per heavy atom. The van der Waals surface area contributed by atoms with Crippen molar-refractivity contribution in [2.75, 3.05) is 18.6 Å². The molecule has 0 amide bonds. The van der Waals surface area contributed by atoms with Gasteiger partial charge in [-0.05, 0) is 42.8 Å². The predicted molar refractivity (Wildman–Crippen MR) is 67.3 cm³/mol. The van der Waals surface area contributed by atoms with Gasteiger partial charge in [0.15, 0.2) is 0 Å². The fraction of sp³-hybridized carbons (Fsp3) is 0.636. The van der Waals surface area contributed by atoms with Gasteiger partial charge >= 0.3 is 0 Å². The van der Waals surface area contributed by atoms with Crippen LogP contribution < -0.4 is 4.74 Å². The zero-order chi connectivity index (χ0) is 11.4. The molecule has 0 saturated carbocycles. The summed E-state index contributed by atoms with van der Waals surface area (Å²) in [7, 11) is 1.55. The van der Waals surface area contributed by atoms with E-state index in [1.807, 2.05) is 17.8 Å². The smallest absolute Gasteiger partial charge is 0.252 e. The highest BCUT2D eigenvalue weighted by Gasteiger charge is 2.16. The summed E-state index contributed by atoms with van der Waals surface area (Å²) in [4.78, 5) is 0. The summed E-state index contributed by atoms with van der Waals surface area (Å²) in [5.41, 5.74) is 0.971. The monoisotopic (exact) mass is 258 g/mol. The van der Waals surface area contributed by atoms with Gasteiger partial charge in [-0.3, -0.25) is 0 Å². The molecule has 16 heavy (non-hydrogen) atoms. The Labute approximate surface area is 105 Å². The number of nitrogens with zero attached hydrogens (tertiary/aromatic N) is 2. The van der Waals surface area contributed by atoms with Gasteiger partial charge in [-0.25, -0.2) is 0 Å². The third kappa shape index (κ3) is 3.01. The molecule has 1 aromatic heterocycles. The first-order valence-electron chi connectivity index (χ1n) is 5.43. The lowest BCUT2D eigenvalue weighted by Gasteiger charge is -2.20. The molecular weight excluding hydrogens is 244 g/mol. The highest BCUT2D eigenvalue weighted by Crippen LogP contribution is 2.27. The van der Waals surface area contributed by atoms with Gasteiger partial charge in [0.2, 0.25) is 0 Å². The SMILES string of the molecule is COc1nnc(CC2CCCSC2)cc1Cl. The molecule has 1 aliphatic heterocycles. The summed E-state index contributed by atoms with van der Waals surface area (Å²) in [5.74, 6) is 3.65. The van der Waals surface area contributed by atoms with E-state index in [1.165, 1.54) is 24.3 Å². The van der Waals surface area contributed by atoms with Crippen LogP contribution in [0.25, 0.3) is 0 Å². The van der Waals surface area contributed by atoms with Gasteiger partial charge in [-0.1, -0.05) is 11.6 Å². The highest BCUT2D eigenvalue weighted by molar-refractivity contribution is 7.99. The van der Waals surface area contributed by atoms with Crippen LogP contribution in [0.15, 0.2) is 6.07 Å². The van der Waals surface area contributed by atoms with E-state index in [9.17, 15) is 0 Å². The number of ether oxygens (including phenoxy) is 1. The van der Waals surface area contributed by atoms with Crippen LogP contribution in [0.4, 0.5) is 0 Å². The van der Waals surface area contributed by atoms with Crippen molar-refractivity contribution in [1.82, 2.24) is 10.2 Å². The summed E-state index contributed by atoms with van der Waals surface area (Å²) in [6.45, 7) is 0. The second-order valence-corrected chi connectivity index (χ2v) is 5.54. The lowest BCUT2D eigenvalue weighted by molar-refractivity contribution is 0.390. The van der Waals surface area contributed by atoms with Gasteiger partial charge in [0.25, 0.3) is 5.88 Å². The van der Waals surface area contributed by atoms with E-state index >= 15 is 0 Å². The lowest BCUT2D eigenvalue weighted by Crippen LogP contribution is -2.14.